The molecule has 4 N–H and O–H groups in total. The lowest BCUT2D eigenvalue weighted by Gasteiger charge is -2.15. The van der Waals surface area contributed by atoms with Gasteiger partial charge in [0, 0.05) is 0 Å². The van der Waals surface area contributed by atoms with Crippen molar-refractivity contribution in [2.45, 2.75) is 50.6 Å². The number of hydrogen-bond donors (Lipinski definition) is 4. The number of aliphatic carboxylic acids is 2. The Bertz CT molecular complexity index is 376. The van der Waals surface area contributed by atoms with Crippen LogP contribution in [-0.4, -0.2) is 47.3 Å². The van der Waals surface area contributed by atoms with Gasteiger partial charge in [-0.2, -0.15) is 10.5 Å². The average Bonchev–Trinajstić information content (AvgIpc) is 2.57. The quantitative estimate of drug-likeness (QED) is 0.472. The summed E-state index contributed by atoms with van der Waals surface area (Å²) in [5.41, 5.74) is 0. The van der Waals surface area contributed by atoms with Gasteiger partial charge in [-0.3, -0.25) is 0 Å². The monoisotopic (exact) mass is 310 g/mol. The van der Waals surface area contributed by atoms with E-state index in [0.717, 1.165) is 25.9 Å². The summed E-state index contributed by atoms with van der Waals surface area (Å²) in [6, 6.07) is 4.67. The highest BCUT2D eigenvalue weighted by Crippen LogP contribution is 2.05. The first-order valence-corrected chi connectivity index (χ1v) is 7.23. The van der Waals surface area contributed by atoms with Crippen LogP contribution >= 0.6 is 0 Å². The molecule has 2 saturated heterocycles. The van der Waals surface area contributed by atoms with Gasteiger partial charge in [0.2, 0.25) is 0 Å². The lowest BCUT2D eigenvalue weighted by molar-refractivity contribution is -0.159. The van der Waals surface area contributed by atoms with Crippen molar-refractivity contribution in [1.29, 1.82) is 10.5 Å². The molecular formula is C14H22N4O4. The fourth-order valence-electron chi connectivity index (χ4n) is 1.92. The molecule has 0 unspecified atom stereocenters. The van der Waals surface area contributed by atoms with Crippen molar-refractivity contribution in [3.63, 3.8) is 0 Å². The number of nitriles is 2. The van der Waals surface area contributed by atoms with Crippen molar-refractivity contribution in [1.82, 2.24) is 10.6 Å². The second-order valence-corrected chi connectivity index (χ2v) is 4.87. The van der Waals surface area contributed by atoms with E-state index < -0.39 is 11.9 Å². The van der Waals surface area contributed by atoms with Crippen LogP contribution in [0.25, 0.3) is 0 Å². The summed E-state index contributed by atoms with van der Waals surface area (Å²) in [6.07, 6.45) is 6.97. The molecule has 2 aliphatic rings. The van der Waals surface area contributed by atoms with Gasteiger partial charge < -0.3 is 20.8 Å². The van der Waals surface area contributed by atoms with Crippen LogP contribution in [0.1, 0.15) is 38.5 Å². The van der Waals surface area contributed by atoms with Gasteiger partial charge >= 0.3 is 11.9 Å². The van der Waals surface area contributed by atoms with E-state index in [-0.39, 0.29) is 12.1 Å². The molecule has 2 fully saturated rings. The molecule has 0 amide bonds. The van der Waals surface area contributed by atoms with E-state index in [4.69, 9.17) is 30.3 Å². The molecule has 0 bridgehead atoms. The minimum Gasteiger partial charge on any atom is -0.473 e. The van der Waals surface area contributed by atoms with Crippen molar-refractivity contribution in [2.75, 3.05) is 13.1 Å². The Kier molecular flexibility index (Phi) is 11.3. The number of hydrogen-bond acceptors (Lipinski definition) is 6. The number of piperidine rings is 2. The van der Waals surface area contributed by atoms with E-state index in [1.54, 1.807) is 0 Å². The zero-order valence-corrected chi connectivity index (χ0v) is 12.4. The van der Waals surface area contributed by atoms with Crippen molar-refractivity contribution >= 4 is 11.9 Å². The molecule has 122 valence electrons. The third-order valence-corrected chi connectivity index (χ3v) is 3.12. The molecule has 22 heavy (non-hydrogen) atoms. The Hall–Kier alpha value is -2.16. The third-order valence-electron chi connectivity index (χ3n) is 3.12. The van der Waals surface area contributed by atoms with Crippen LogP contribution < -0.4 is 10.6 Å². The molecule has 0 aromatic rings. The van der Waals surface area contributed by atoms with Crippen molar-refractivity contribution in [3.05, 3.63) is 0 Å². The van der Waals surface area contributed by atoms with E-state index in [1.165, 1.54) is 25.7 Å². The van der Waals surface area contributed by atoms with E-state index in [1.807, 2.05) is 0 Å². The van der Waals surface area contributed by atoms with Crippen LogP contribution in [0, 0.1) is 22.7 Å². The van der Waals surface area contributed by atoms with Crippen molar-refractivity contribution < 1.29 is 19.8 Å². The molecule has 8 heteroatoms. The number of carbonyl (C=O) groups is 2. The van der Waals surface area contributed by atoms with Gasteiger partial charge in [-0.15, -0.1) is 0 Å². The van der Waals surface area contributed by atoms with Crippen molar-refractivity contribution in [2.24, 2.45) is 0 Å². The summed E-state index contributed by atoms with van der Waals surface area (Å²) >= 11 is 0. The predicted octanol–water partition coefficient (Wildman–Crippen LogP) is 0.460. The maximum atomic E-state index is 9.10. The van der Waals surface area contributed by atoms with Crippen LogP contribution in [0.3, 0.4) is 0 Å². The van der Waals surface area contributed by atoms with Crippen LogP contribution in [0.15, 0.2) is 0 Å². The fourth-order valence-corrected chi connectivity index (χ4v) is 1.92. The Balaban J connectivity index is 0.000000306. The summed E-state index contributed by atoms with van der Waals surface area (Å²) in [5, 5.41) is 37.8. The first kappa shape index (κ1) is 19.8. The van der Waals surface area contributed by atoms with Crippen LogP contribution in [0.2, 0.25) is 0 Å². The number of carboxylic acids is 2. The normalized spacial score (nSPS) is 23.2. The third kappa shape index (κ3) is 10.6. The van der Waals surface area contributed by atoms with Crippen molar-refractivity contribution in [3.8, 4) is 12.1 Å². The maximum absolute atomic E-state index is 9.10. The summed E-state index contributed by atoms with van der Waals surface area (Å²) < 4.78 is 0. The Labute approximate surface area is 129 Å². The molecule has 0 aromatic carbocycles. The van der Waals surface area contributed by atoms with E-state index in [2.05, 4.69) is 22.8 Å². The molecule has 0 spiro atoms. The van der Waals surface area contributed by atoms with Gasteiger partial charge in [0.05, 0.1) is 24.2 Å². The maximum Gasteiger partial charge on any atom is 0.414 e. The minimum absolute atomic E-state index is 0.142. The molecule has 0 radical (unpaired) electrons. The Morgan fingerprint density at radius 2 is 1.18 bits per heavy atom. The second kappa shape index (κ2) is 12.6. The topological polar surface area (TPSA) is 146 Å². The molecular weight excluding hydrogens is 288 g/mol. The highest BCUT2D eigenvalue weighted by Gasteiger charge is 2.10. The minimum atomic E-state index is -1.82. The number of nitrogens with zero attached hydrogens (tertiary/aromatic N) is 2. The molecule has 2 heterocycles. The molecule has 2 atom stereocenters. The van der Waals surface area contributed by atoms with Gasteiger partial charge in [0.1, 0.15) is 0 Å². The lowest BCUT2D eigenvalue weighted by Crippen LogP contribution is -2.32. The summed E-state index contributed by atoms with van der Waals surface area (Å²) in [4.78, 5) is 18.2. The SMILES string of the molecule is N#C[C@H]1CCCCN1.N#C[C@H]1CCCCN1.O=C(O)C(=O)O. The Morgan fingerprint density at radius 3 is 1.32 bits per heavy atom. The molecule has 2 rings (SSSR count). The number of rotatable bonds is 0. The molecule has 0 saturated carbocycles. The summed E-state index contributed by atoms with van der Waals surface area (Å²) in [7, 11) is 0. The molecule has 2 aliphatic heterocycles. The lowest BCUT2D eigenvalue weighted by atomic mass is 10.1. The smallest absolute Gasteiger partial charge is 0.414 e. The average molecular weight is 310 g/mol. The predicted molar refractivity (Wildman–Crippen MR) is 77.8 cm³/mol. The fraction of sp³-hybridized carbons (Fsp3) is 0.714. The van der Waals surface area contributed by atoms with Gasteiger partial charge in [-0.05, 0) is 51.6 Å². The van der Waals surface area contributed by atoms with E-state index in [0.29, 0.717) is 0 Å². The van der Waals surface area contributed by atoms with Crippen LogP contribution in [-0.2, 0) is 9.59 Å². The van der Waals surface area contributed by atoms with Crippen LogP contribution in [0.4, 0.5) is 0 Å². The van der Waals surface area contributed by atoms with Gasteiger partial charge in [-0.25, -0.2) is 9.59 Å². The molecule has 8 nitrogen and oxygen atoms in total. The Morgan fingerprint density at radius 1 is 0.818 bits per heavy atom. The summed E-state index contributed by atoms with van der Waals surface area (Å²) in [6.45, 7) is 2.05. The molecule has 0 aliphatic carbocycles. The van der Waals surface area contributed by atoms with Crippen LogP contribution in [0.5, 0.6) is 0 Å². The number of nitrogens with one attached hydrogen (secondary N) is 2. The highest BCUT2D eigenvalue weighted by atomic mass is 16.4. The zero-order valence-electron chi connectivity index (χ0n) is 12.4. The molecule has 0 aromatic heterocycles. The first-order chi connectivity index (χ1) is 10.5. The highest BCUT2D eigenvalue weighted by molar-refractivity contribution is 6.27. The van der Waals surface area contributed by atoms with Gasteiger partial charge in [-0.1, -0.05) is 0 Å². The van der Waals surface area contributed by atoms with Gasteiger partial charge in [0.15, 0.2) is 0 Å². The first-order valence-electron chi connectivity index (χ1n) is 7.23. The van der Waals surface area contributed by atoms with Gasteiger partial charge in [0.25, 0.3) is 0 Å². The standard InChI is InChI=1S/2C6H10N2.C2H2O4/c2*7-5-6-3-1-2-4-8-6;3-1(4)2(5)6/h2*6,8H,1-4H2;(H,3,4)(H,5,6)/t2*6-;/m11./s1. The zero-order chi connectivity index (χ0) is 16.8. The summed E-state index contributed by atoms with van der Waals surface area (Å²) in [5.74, 6) is -3.65. The number of carboxylic acid groups (broad SMARTS) is 2. The second-order valence-electron chi connectivity index (χ2n) is 4.87. The largest absolute Gasteiger partial charge is 0.473 e. The van der Waals surface area contributed by atoms with E-state index in [9.17, 15) is 0 Å². The van der Waals surface area contributed by atoms with E-state index >= 15 is 0 Å².